The van der Waals surface area contributed by atoms with Crippen LogP contribution in [-0.4, -0.2) is 11.9 Å². The molecule has 0 bridgehead atoms. The van der Waals surface area contributed by atoms with Crippen molar-refractivity contribution in [3.05, 3.63) is 234 Å². The van der Waals surface area contributed by atoms with Gasteiger partial charge < -0.3 is 5.41 Å². The molecule has 280 valence electrons. The number of rotatable bonds is 8. The van der Waals surface area contributed by atoms with Gasteiger partial charge in [-0.1, -0.05) is 208 Å². The van der Waals surface area contributed by atoms with Crippen LogP contribution >= 0.6 is 0 Å². The number of aliphatic imine (C=N–C) groups is 1. The van der Waals surface area contributed by atoms with E-state index in [1.165, 1.54) is 49.5 Å². The number of allylic oxidation sites excluding steroid dienone is 1. The van der Waals surface area contributed by atoms with Crippen LogP contribution < -0.4 is 0 Å². The average molecular weight is 755 g/mol. The van der Waals surface area contributed by atoms with E-state index in [-0.39, 0.29) is 5.41 Å². The SMILES string of the molecule is CC1(C)c2c(cccc2-c2ccc(C=N/C(=C\C(=N)c3ccccc3)c3ccc(-c4ccccc4)c(-c4ccccc4)c3)c3ccccc23)-c2ccc3ccccc3c21. The Morgan fingerprint density at radius 3 is 1.73 bits per heavy atom. The van der Waals surface area contributed by atoms with Gasteiger partial charge in [-0.15, -0.1) is 0 Å². The molecule has 0 radical (unpaired) electrons. The maximum Gasteiger partial charge on any atom is 0.0723 e. The van der Waals surface area contributed by atoms with Gasteiger partial charge >= 0.3 is 0 Å². The molecular weight excluding hydrogens is 713 g/mol. The Morgan fingerprint density at radius 2 is 1.00 bits per heavy atom. The zero-order valence-corrected chi connectivity index (χ0v) is 33.2. The van der Waals surface area contributed by atoms with Crippen molar-refractivity contribution in [2.45, 2.75) is 19.3 Å². The maximum atomic E-state index is 9.18. The first-order valence-electron chi connectivity index (χ1n) is 20.3. The summed E-state index contributed by atoms with van der Waals surface area (Å²) in [5.41, 5.74) is 16.2. The summed E-state index contributed by atoms with van der Waals surface area (Å²) in [5.74, 6) is 0. The van der Waals surface area contributed by atoms with Crippen LogP contribution in [0.3, 0.4) is 0 Å². The normalized spacial score (nSPS) is 13.2. The lowest BCUT2D eigenvalue weighted by Crippen LogP contribution is -2.17. The number of nitrogens with zero attached hydrogens (tertiary/aromatic N) is 1. The Bertz CT molecular complexity index is 3120. The van der Waals surface area contributed by atoms with Crippen LogP contribution in [0.4, 0.5) is 0 Å². The molecule has 0 unspecified atom stereocenters. The van der Waals surface area contributed by atoms with E-state index in [2.05, 4.69) is 184 Å². The number of benzene rings is 9. The highest BCUT2D eigenvalue weighted by atomic mass is 14.7. The van der Waals surface area contributed by atoms with Crippen LogP contribution in [0.5, 0.6) is 0 Å². The molecule has 9 aromatic carbocycles. The molecule has 0 fully saturated rings. The van der Waals surface area contributed by atoms with Crippen molar-refractivity contribution >= 4 is 39.2 Å². The monoisotopic (exact) mass is 754 g/mol. The molecule has 0 amide bonds. The molecule has 0 saturated carbocycles. The lowest BCUT2D eigenvalue weighted by molar-refractivity contribution is 0.668. The molecule has 0 heterocycles. The summed E-state index contributed by atoms with van der Waals surface area (Å²) < 4.78 is 0. The molecule has 0 atom stereocenters. The highest BCUT2D eigenvalue weighted by molar-refractivity contribution is 6.12. The fraction of sp³-hybridized carbons (Fsp3) is 0.0526. The molecule has 9 aromatic rings. The van der Waals surface area contributed by atoms with Crippen molar-refractivity contribution in [1.82, 2.24) is 0 Å². The van der Waals surface area contributed by atoms with Crippen LogP contribution in [0.15, 0.2) is 211 Å². The van der Waals surface area contributed by atoms with E-state index in [9.17, 15) is 5.41 Å². The van der Waals surface area contributed by atoms with E-state index < -0.39 is 0 Å². The topological polar surface area (TPSA) is 36.2 Å². The van der Waals surface area contributed by atoms with Crippen LogP contribution in [-0.2, 0) is 5.41 Å². The minimum atomic E-state index is -0.194. The predicted molar refractivity (Wildman–Crippen MR) is 251 cm³/mol. The van der Waals surface area contributed by atoms with Crippen LogP contribution in [0, 0.1) is 5.41 Å². The van der Waals surface area contributed by atoms with Gasteiger partial charge in [-0.05, 0) is 94.9 Å². The van der Waals surface area contributed by atoms with Crippen molar-refractivity contribution in [2.24, 2.45) is 4.99 Å². The Morgan fingerprint density at radius 1 is 0.441 bits per heavy atom. The van der Waals surface area contributed by atoms with Crippen LogP contribution in [0.25, 0.3) is 71.7 Å². The molecule has 59 heavy (non-hydrogen) atoms. The Kier molecular flexibility index (Phi) is 9.03. The summed E-state index contributed by atoms with van der Waals surface area (Å²) in [6.45, 7) is 4.76. The number of nitrogens with one attached hydrogen (secondary N) is 1. The number of hydrogen-bond acceptors (Lipinski definition) is 2. The summed E-state index contributed by atoms with van der Waals surface area (Å²) >= 11 is 0. The third-order valence-corrected chi connectivity index (χ3v) is 12.0. The second-order valence-electron chi connectivity index (χ2n) is 15.9. The van der Waals surface area contributed by atoms with Gasteiger partial charge in [0.15, 0.2) is 0 Å². The van der Waals surface area contributed by atoms with Crippen molar-refractivity contribution in [3.8, 4) is 44.5 Å². The highest BCUT2D eigenvalue weighted by Gasteiger charge is 2.39. The lowest BCUT2D eigenvalue weighted by Gasteiger charge is -2.26. The summed E-state index contributed by atoms with van der Waals surface area (Å²) in [7, 11) is 0. The number of fused-ring (bicyclic) bond motifs is 6. The molecular formula is C57H42N2. The van der Waals surface area contributed by atoms with Gasteiger partial charge in [-0.3, -0.25) is 4.99 Å². The first-order valence-corrected chi connectivity index (χ1v) is 20.3. The van der Waals surface area contributed by atoms with Crippen molar-refractivity contribution in [2.75, 3.05) is 0 Å². The zero-order chi connectivity index (χ0) is 39.9. The van der Waals surface area contributed by atoms with Crippen LogP contribution in [0.1, 0.15) is 41.7 Å². The minimum absolute atomic E-state index is 0.194. The largest absolute Gasteiger partial charge is 0.300 e. The number of hydrogen-bond donors (Lipinski definition) is 1. The molecule has 1 N–H and O–H groups in total. The fourth-order valence-corrected chi connectivity index (χ4v) is 9.24. The maximum absolute atomic E-state index is 9.18. The standard InChI is InChI=1S/C57H42N2/c1-57(2)55-46-25-13-12-21-40(46)29-34-51(55)50-28-16-27-49(56(50)57)48-33-31-43(44-24-14-15-26-47(44)48)37-59-54(36-53(58)41-22-10-5-11-23-41)42-30-32-45(38-17-6-3-7-18-38)52(35-42)39-19-8-4-9-20-39/h3-37,58H,1-2H3/b54-36-,58-53?,59-37?. The lowest BCUT2D eigenvalue weighted by atomic mass is 9.77. The third-order valence-electron chi connectivity index (χ3n) is 12.0. The Labute approximate surface area is 346 Å². The molecule has 10 rings (SSSR count). The summed E-state index contributed by atoms with van der Waals surface area (Å²) in [4.78, 5) is 5.25. The van der Waals surface area contributed by atoms with Crippen LogP contribution in [0.2, 0.25) is 0 Å². The van der Waals surface area contributed by atoms with E-state index in [0.717, 1.165) is 50.0 Å². The molecule has 1 aliphatic carbocycles. The molecule has 2 nitrogen and oxygen atoms in total. The van der Waals surface area contributed by atoms with Gasteiger partial charge in [0.2, 0.25) is 0 Å². The molecule has 0 aromatic heterocycles. The average Bonchev–Trinajstić information content (AvgIpc) is 3.54. The second-order valence-corrected chi connectivity index (χ2v) is 15.9. The Balaban J connectivity index is 1.10. The van der Waals surface area contributed by atoms with Gasteiger partial charge in [-0.25, -0.2) is 0 Å². The highest BCUT2D eigenvalue weighted by Crippen LogP contribution is 2.54. The minimum Gasteiger partial charge on any atom is -0.300 e. The van der Waals surface area contributed by atoms with E-state index in [1.54, 1.807) is 0 Å². The first-order chi connectivity index (χ1) is 29.0. The fourth-order valence-electron chi connectivity index (χ4n) is 9.24. The van der Waals surface area contributed by atoms with E-state index in [4.69, 9.17) is 4.99 Å². The summed E-state index contributed by atoms with van der Waals surface area (Å²) in [6.07, 6.45) is 3.87. The van der Waals surface area contributed by atoms with E-state index in [0.29, 0.717) is 5.71 Å². The van der Waals surface area contributed by atoms with Crippen molar-refractivity contribution < 1.29 is 0 Å². The van der Waals surface area contributed by atoms with Gasteiger partial charge in [0.25, 0.3) is 0 Å². The molecule has 0 saturated heterocycles. The second kappa shape index (κ2) is 14.8. The van der Waals surface area contributed by atoms with Crippen molar-refractivity contribution in [3.63, 3.8) is 0 Å². The molecule has 0 aliphatic heterocycles. The quantitative estimate of drug-likeness (QED) is 0.150. The van der Waals surface area contributed by atoms with E-state index in [1.807, 2.05) is 42.6 Å². The van der Waals surface area contributed by atoms with Gasteiger partial charge in [0, 0.05) is 22.8 Å². The van der Waals surface area contributed by atoms with E-state index >= 15 is 0 Å². The zero-order valence-electron chi connectivity index (χ0n) is 33.2. The molecule has 2 heteroatoms. The molecule has 0 spiro atoms. The molecule has 1 aliphatic rings. The van der Waals surface area contributed by atoms with Gasteiger partial charge in [0.05, 0.1) is 11.4 Å². The summed E-state index contributed by atoms with van der Waals surface area (Å²) in [6, 6.07) is 70.8. The first kappa shape index (κ1) is 36.0. The smallest absolute Gasteiger partial charge is 0.0723 e. The third kappa shape index (κ3) is 6.40. The summed E-state index contributed by atoms with van der Waals surface area (Å²) in [5, 5.41) is 14.1. The van der Waals surface area contributed by atoms with Gasteiger partial charge in [-0.2, -0.15) is 0 Å². The van der Waals surface area contributed by atoms with Gasteiger partial charge in [0.1, 0.15) is 0 Å². The Hall–Kier alpha value is -7.42. The predicted octanol–water partition coefficient (Wildman–Crippen LogP) is 14.8. The van der Waals surface area contributed by atoms with Crippen molar-refractivity contribution in [1.29, 1.82) is 5.41 Å².